The minimum atomic E-state index is 0.0408. The molecule has 0 aliphatic heterocycles. The van der Waals surface area contributed by atoms with Gasteiger partial charge in [0.05, 0.1) is 0 Å². The highest BCUT2D eigenvalue weighted by Crippen LogP contribution is 2.49. The molecule has 104 valence electrons. The summed E-state index contributed by atoms with van der Waals surface area (Å²) in [5.74, 6) is 2.59. The van der Waals surface area contributed by atoms with Crippen molar-refractivity contribution in [3.8, 4) is 0 Å². The van der Waals surface area contributed by atoms with Gasteiger partial charge in [0.15, 0.2) is 0 Å². The van der Waals surface area contributed by atoms with Crippen LogP contribution in [0.5, 0.6) is 0 Å². The maximum atomic E-state index is 12.1. The predicted octanol–water partition coefficient (Wildman–Crippen LogP) is 2.30. The molecular formula is C15H28N2O. The molecule has 0 radical (unpaired) electrons. The van der Waals surface area contributed by atoms with E-state index in [1.54, 1.807) is 0 Å². The van der Waals surface area contributed by atoms with Gasteiger partial charge in [-0.3, -0.25) is 4.79 Å². The van der Waals surface area contributed by atoms with Gasteiger partial charge in [-0.25, -0.2) is 0 Å². The van der Waals surface area contributed by atoms with E-state index >= 15 is 0 Å². The third-order valence-electron chi connectivity index (χ3n) is 4.95. The van der Waals surface area contributed by atoms with Crippen molar-refractivity contribution >= 4 is 5.91 Å². The van der Waals surface area contributed by atoms with Gasteiger partial charge < -0.3 is 11.1 Å². The molecule has 4 unspecified atom stereocenters. The van der Waals surface area contributed by atoms with Gasteiger partial charge in [-0.05, 0) is 42.4 Å². The topological polar surface area (TPSA) is 55.1 Å². The van der Waals surface area contributed by atoms with Gasteiger partial charge in [0, 0.05) is 19.0 Å². The average molecular weight is 252 g/mol. The highest BCUT2D eigenvalue weighted by atomic mass is 16.1. The fourth-order valence-corrected chi connectivity index (χ4v) is 3.75. The Labute approximate surface area is 111 Å². The second kappa shape index (κ2) is 5.20. The molecule has 2 aliphatic rings. The molecular weight excluding hydrogens is 224 g/mol. The number of carbonyl (C=O) groups is 1. The summed E-state index contributed by atoms with van der Waals surface area (Å²) in [5, 5.41) is 3.13. The SMILES string of the molecule is CC(C)(C)C(CN)NC(=O)CC1CC2CCC1C2. The van der Waals surface area contributed by atoms with Crippen LogP contribution in [0.2, 0.25) is 0 Å². The van der Waals surface area contributed by atoms with Crippen LogP contribution in [0.3, 0.4) is 0 Å². The van der Waals surface area contributed by atoms with Gasteiger partial charge in [-0.1, -0.05) is 27.2 Å². The van der Waals surface area contributed by atoms with Crippen molar-refractivity contribution in [2.24, 2.45) is 28.9 Å². The molecule has 0 aromatic heterocycles. The molecule has 2 bridgehead atoms. The van der Waals surface area contributed by atoms with Gasteiger partial charge in [0.1, 0.15) is 0 Å². The molecule has 3 heteroatoms. The van der Waals surface area contributed by atoms with E-state index in [1.807, 2.05) is 0 Å². The Morgan fingerprint density at radius 3 is 2.50 bits per heavy atom. The van der Waals surface area contributed by atoms with Crippen LogP contribution in [0.15, 0.2) is 0 Å². The molecule has 2 fully saturated rings. The van der Waals surface area contributed by atoms with Gasteiger partial charge >= 0.3 is 0 Å². The monoisotopic (exact) mass is 252 g/mol. The van der Waals surface area contributed by atoms with E-state index in [1.165, 1.54) is 25.7 Å². The molecule has 0 aromatic rings. The number of nitrogens with one attached hydrogen (secondary N) is 1. The number of hydrogen-bond donors (Lipinski definition) is 2. The predicted molar refractivity (Wildman–Crippen MR) is 74.0 cm³/mol. The van der Waals surface area contributed by atoms with Crippen LogP contribution in [0.4, 0.5) is 0 Å². The second-order valence-electron chi connectivity index (χ2n) is 7.36. The van der Waals surface area contributed by atoms with Crippen LogP contribution >= 0.6 is 0 Å². The molecule has 4 atom stereocenters. The van der Waals surface area contributed by atoms with E-state index in [9.17, 15) is 4.79 Å². The lowest BCUT2D eigenvalue weighted by atomic mass is 9.84. The molecule has 0 spiro atoms. The molecule has 0 heterocycles. The summed E-state index contributed by atoms with van der Waals surface area (Å²) in [6.45, 7) is 6.90. The highest BCUT2D eigenvalue weighted by Gasteiger charge is 2.40. The zero-order chi connectivity index (χ0) is 13.3. The summed E-state index contributed by atoms with van der Waals surface area (Å²) in [6, 6.07) is 0.0867. The molecule has 2 rings (SSSR count). The van der Waals surface area contributed by atoms with E-state index in [2.05, 4.69) is 26.1 Å². The van der Waals surface area contributed by atoms with E-state index < -0.39 is 0 Å². The van der Waals surface area contributed by atoms with Crippen LogP contribution in [-0.4, -0.2) is 18.5 Å². The lowest BCUT2D eigenvalue weighted by molar-refractivity contribution is -0.123. The van der Waals surface area contributed by atoms with Crippen LogP contribution in [0, 0.1) is 23.2 Å². The normalized spacial score (nSPS) is 32.6. The first-order valence-electron chi connectivity index (χ1n) is 7.39. The van der Waals surface area contributed by atoms with Crippen molar-refractivity contribution in [2.75, 3.05) is 6.54 Å². The Morgan fingerprint density at radius 2 is 2.06 bits per heavy atom. The first-order chi connectivity index (χ1) is 8.40. The first-order valence-corrected chi connectivity index (χ1v) is 7.39. The molecule has 0 aromatic carbocycles. The quantitative estimate of drug-likeness (QED) is 0.806. The summed E-state index contributed by atoms with van der Waals surface area (Å²) >= 11 is 0. The number of carbonyl (C=O) groups excluding carboxylic acids is 1. The number of fused-ring (bicyclic) bond motifs is 2. The van der Waals surface area contributed by atoms with Crippen molar-refractivity contribution in [1.29, 1.82) is 0 Å². The number of nitrogens with two attached hydrogens (primary N) is 1. The number of hydrogen-bond acceptors (Lipinski definition) is 2. The standard InChI is InChI=1S/C15H28N2O/c1-15(2,3)13(9-16)17-14(18)8-12-7-10-4-5-11(12)6-10/h10-13H,4-9,16H2,1-3H3,(H,17,18). The van der Waals surface area contributed by atoms with Crippen LogP contribution in [-0.2, 0) is 4.79 Å². The highest BCUT2D eigenvalue weighted by molar-refractivity contribution is 5.76. The number of amides is 1. The van der Waals surface area contributed by atoms with E-state index in [-0.39, 0.29) is 17.4 Å². The third-order valence-corrected chi connectivity index (χ3v) is 4.95. The maximum absolute atomic E-state index is 12.1. The van der Waals surface area contributed by atoms with E-state index in [0.717, 1.165) is 11.8 Å². The third kappa shape index (κ3) is 3.05. The molecule has 3 N–H and O–H groups in total. The smallest absolute Gasteiger partial charge is 0.220 e. The van der Waals surface area contributed by atoms with Crippen molar-refractivity contribution in [3.63, 3.8) is 0 Å². The Kier molecular flexibility index (Phi) is 4.00. The molecule has 2 saturated carbocycles. The number of rotatable bonds is 4. The summed E-state index contributed by atoms with van der Waals surface area (Å²) in [7, 11) is 0. The van der Waals surface area contributed by atoms with Crippen LogP contribution < -0.4 is 11.1 Å². The van der Waals surface area contributed by atoms with Crippen LogP contribution in [0.1, 0.15) is 52.9 Å². The summed E-state index contributed by atoms with van der Waals surface area (Å²) in [6.07, 6.45) is 6.12. The maximum Gasteiger partial charge on any atom is 0.220 e. The van der Waals surface area contributed by atoms with Crippen molar-refractivity contribution in [3.05, 3.63) is 0 Å². The fraction of sp³-hybridized carbons (Fsp3) is 0.933. The van der Waals surface area contributed by atoms with Gasteiger partial charge in [-0.2, -0.15) is 0 Å². The molecule has 1 amide bonds. The molecule has 0 saturated heterocycles. The molecule has 3 nitrogen and oxygen atoms in total. The fourth-order valence-electron chi connectivity index (χ4n) is 3.75. The zero-order valence-corrected chi connectivity index (χ0v) is 12.0. The Balaban J connectivity index is 1.81. The Morgan fingerprint density at radius 1 is 1.33 bits per heavy atom. The average Bonchev–Trinajstić information content (AvgIpc) is 2.85. The summed E-state index contributed by atoms with van der Waals surface area (Å²) in [4.78, 5) is 12.1. The summed E-state index contributed by atoms with van der Waals surface area (Å²) < 4.78 is 0. The first kappa shape index (κ1) is 13.9. The molecule has 2 aliphatic carbocycles. The Bertz CT molecular complexity index is 308. The lowest BCUT2D eigenvalue weighted by Gasteiger charge is -2.31. The van der Waals surface area contributed by atoms with E-state index in [4.69, 9.17) is 5.73 Å². The second-order valence-corrected chi connectivity index (χ2v) is 7.36. The summed E-state index contributed by atoms with van der Waals surface area (Å²) in [5.41, 5.74) is 5.80. The van der Waals surface area contributed by atoms with Gasteiger partial charge in [-0.15, -0.1) is 0 Å². The largest absolute Gasteiger partial charge is 0.352 e. The minimum Gasteiger partial charge on any atom is -0.352 e. The minimum absolute atomic E-state index is 0.0408. The van der Waals surface area contributed by atoms with Crippen molar-refractivity contribution < 1.29 is 4.79 Å². The molecule has 18 heavy (non-hydrogen) atoms. The van der Waals surface area contributed by atoms with Crippen LogP contribution in [0.25, 0.3) is 0 Å². The lowest BCUT2D eigenvalue weighted by Crippen LogP contribution is -2.48. The van der Waals surface area contributed by atoms with Crippen molar-refractivity contribution in [2.45, 2.75) is 58.9 Å². The van der Waals surface area contributed by atoms with Gasteiger partial charge in [0.25, 0.3) is 0 Å². The van der Waals surface area contributed by atoms with Crippen molar-refractivity contribution in [1.82, 2.24) is 5.32 Å². The Hall–Kier alpha value is -0.570. The van der Waals surface area contributed by atoms with Gasteiger partial charge in [0.2, 0.25) is 5.91 Å². The van der Waals surface area contributed by atoms with E-state index in [0.29, 0.717) is 18.9 Å². The zero-order valence-electron chi connectivity index (χ0n) is 12.0.